The normalized spacial score (nSPS) is 24.4. The Morgan fingerprint density at radius 1 is 1.58 bits per heavy atom. The topological polar surface area (TPSA) is 75.8 Å². The first-order chi connectivity index (χ1) is 8.96. The lowest BCUT2D eigenvalue weighted by Crippen LogP contribution is -2.49. The van der Waals surface area contributed by atoms with Gasteiger partial charge < -0.3 is 9.84 Å². The third-order valence-electron chi connectivity index (χ3n) is 3.48. The van der Waals surface area contributed by atoms with Crippen LogP contribution in [0.5, 0.6) is 0 Å². The van der Waals surface area contributed by atoms with E-state index < -0.39 is 10.7 Å². The fraction of sp³-hybridized carbons (Fsp3) is 0.538. The Hall–Kier alpha value is -1.50. The molecule has 1 atom stereocenters. The highest BCUT2D eigenvalue weighted by atomic mass is 16.6. The van der Waals surface area contributed by atoms with E-state index in [1.54, 1.807) is 19.1 Å². The van der Waals surface area contributed by atoms with Crippen LogP contribution in [0.3, 0.4) is 0 Å². The first-order valence-corrected chi connectivity index (χ1v) is 6.30. The van der Waals surface area contributed by atoms with E-state index in [9.17, 15) is 15.2 Å². The number of aryl methyl sites for hydroxylation is 1. The monoisotopic (exact) mass is 266 g/mol. The number of benzene rings is 1. The summed E-state index contributed by atoms with van der Waals surface area (Å²) in [6.45, 7) is 6.11. The van der Waals surface area contributed by atoms with Gasteiger partial charge in [0.25, 0.3) is 5.69 Å². The second kappa shape index (κ2) is 5.24. The molecule has 0 amide bonds. The lowest BCUT2D eigenvalue weighted by molar-refractivity contribution is -0.385. The molecule has 0 aliphatic carbocycles. The first-order valence-electron chi connectivity index (χ1n) is 6.30. The number of rotatable bonds is 3. The van der Waals surface area contributed by atoms with Crippen molar-refractivity contribution >= 4 is 5.69 Å². The maximum absolute atomic E-state index is 10.8. The molecule has 1 fully saturated rings. The molecule has 1 aliphatic heterocycles. The van der Waals surface area contributed by atoms with Crippen LogP contribution in [0.25, 0.3) is 0 Å². The standard InChI is InChI=1S/C13H18N2O4/c1-3-14-6-7-19-13(16,9-14)11-4-5-12(15(17)18)10(2)8-11/h4-5,8,16H,3,6-7,9H2,1-2H3. The maximum atomic E-state index is 10.8. The fourth-order valence-corrected chi connectivity index (χ4v) is 2.32. The molecule has 6 heteroatoms. The van der Waals surface area contributed by atoms with Crippen LogP contribution >= 0.6 is 0 Å². The van der Waals surface area contributed by atoms with Gasteiger partial charge in [-0.2, -0.15) is 0 Å². The van der Waals surface area contributed by atoms with Crippen LogP contribution in [0.1, 0.15) is 18.1 Å². The maximum Gasteiger partial charge on any atom is 0.272 e. The zero-order chi connectivity index (χ0) is 14.0. The van der Waals surface area contributed by atoms with Gasteiger partial charge in [-0.3, -0.25) is 15.0 Å². The molecular weight excluding hydrogens is 248 g/mol. The zero-order valence-corrected chi connectivity index (χ0v) is 11.1. The minimum atomic E-state index is -1.38. The van der Waals surface area contributed by atoms with Crippen LogP contribution in [-0.2, 0) is 10.5 Å². The largest absolute Gasteiger partial charge is 0.361 e. The third kappa shape index (κ3) is 2.75. The summed E-state index contributed by atoms with van der Waals surface area (Å²) in [5.41, 5.74) is 1.14. The average Bonchev–Trinajstić information content (AvgIpc) is 2.38. The van der Waals surface area contributed by atoms with Gasteiger partial charge in [0.15, 0.2) is 0 Å². The molecule has 1 aliphatic rings. The Balaban J connectivity index is 2.30. The molecule has 0 bridgehead atoms. The van der Waals surface area contributed by atoms with Crippen molar-refractivity contribution in [3.8, 4) is 0 Å². The van der Waals surface area contributed by atoms with E-state index in [-0.39, 0.29) is 5.69 Å². The lowest BCUT2D eigenvalue weighted by Gasteiger charge is -2.38. The minimum Gasteiger partial charge on any atom is -0.361 e. The molecule has 1 aromatic carbocycles. The molecule has 2 rings (SSSR count). The Kier molecular flexibility index (Phi) is 3.84. The molecule has 0 radical (unpaired) electrons. The summed E-state index contributed by atoms with van der Waals surface area (Å²) >= 11 is 0. The summed E-state index contributed by atoms with van der Waals surface area (Å²) < 4.78 is 5.48. The fourth-order valence-electron chi connectivity index (χ4n) is 2.32. The van der Waals surface area contributed by atoms with Crippen molar-refractivity contribution in [1.82, 2.24) is 4.90 Å². The number of ether oxygens (including phenoxy) is 1. The molecule has 104 valence electrons. The summed E-state index contributed by atoms with van der Waals surface area (Å²) in [6, 6.07) is 4.60. The number of hydrogen-bond acceptors (Lipinski definition) is 5. The second-order valence-electron chi connectivity index (χ2n) is 4.76. The highest BCUT2D eigenvalue weighted by molar-refractivity contribution is 5.43. The number of morpholine rings is 1. The van der Waals surface area contributed by atoms with E-state index in [0.717, 1.165) is 13.1 Å². The second-order valence-corrected chi connectivity index (χ2v) is 4.76. The Labute approximate surface area is 111 Å². The number of nitro groups is 1. The van der Waals surface area contributed by atoms with Gasteiger partial charge in [-0.15, -0.1) is 0 Å². The summed E-state index contributed by atoms with van der Waals surface area (Å²) in [5, 5.41) is 21.4. The highest BCUT2D eigenvalue weighted by Gasteiger charge is 2.36. The van der Waals surface area contributed by atoms with Crippen molar-refractivity contribution in [2.45, 2.75) is 19.6 Å². The van der Waals surface area contributed by atoms with Crippen molar-refractivity contribution in [3.63, 3.8) is 0 Å². The molecule has 1 N–H and O–H groups in total. The summed E-state index contributed by atoms with van der Waals surface area (Å²) in [6.07, 6.45) is 0. The third-order valence-corrected chi connectivity index (χ3v) is 3.48. The van der Waals surface area contributed by atoms with Gasteiger partial charge >= 0.3 is 0 Å². The summed E-state index contributed by atoms with van der Waals surface area (Å²) in [4.78, 5) is 12.4. The van der Waals surface area contributed by atoms with Crippen molar-refractivity contribution in [2.24, 2.45) is 0 Å². The van der Waals surface area contributed by atoms with Crippen LogP contribution < -0.4 is 0 Å². The van der Waals surface area contributed by atoms with E-state index in [2.05, 4.69) is 4.90 Å². The molecule has 0 saturated carbocycles. The van der Waals surface area contributed by atoms with E-state index in [1.165, 1.54) is 6.07 Å². The summed E-state index contributed by atoms with van der Waals surface area (Å²) in [7, 11) is 0. The van der Waals surface area contributed by atoms with E-state index in [0.29, 0.717) is 24.3 Å². The van der Waals surface area contributed by atoms with Crippen molar-refractivity contribution < 1.29 is 14.8 Å². The SMILES string of the molecule is CCN1CCOC(O)(c2ccc([N+](=O)[O-])c(C)c2)C1. The molecule has 1 heterocycles. The van der Waals surface area contributed by atoms with Gasteiger partial charge in [0.1, 0.15) is 0 Å². The van der Waals surface area contributed by atoms with E-state index in [1.807, 2.05) is 6.92 Å². The van der Waals surface area contributed by atoms with Gasteiger partial charge in [-0.25, -0.2) is 0 Å². The van der Waals surface area contributed by atoms with Gasteiger partial charge in [-0.05, 0) is 25.6 Å². The predicted octanol–water partition coefficient (Wildman–Crippen LogP) is 1.40. The molecule has 0 aromatic heterocycles. The van der Waals surface area contributed by atoms with Crippen LogP contribution in [0, 0.1) is 17.0 Å². The Morgan fingerprint density at radius 2 is 2.32 bits per heavy atom. The number of hydrogen-bond donors (Lipinski definition) is 1. The van der Waals surface area contributed by atoms with Crippen LogP contribution in [-0.4, -0.2) is 41.2 Å². The lowest BCUT2D eigenvalue weighted by atomic mass is 10.0. The molecule has 1 saturated heterocycles. The Morgan fingerprint density at radius 3 is 2.89 bits per heavy atom. The number of β-amino-alcohol motifs (C(OH)–C–C–N with tert-alkyl or cyclic N) is 1. The minimum absolute atomic E-state index is 0.0514. The quantitative estimate of drug-likeness (QED) is 0.661. The van der Waals surface area contributed by atoms with Crippen molar-refractivity contribution in [3.05, 3.63) is 39.4 Å². The van der Waals surface area contributed by atoms with E-state index in [4.69, 9.17) is 4.74 Å². The smallest absolute Gasteiger partial charge is 0.272 e. The van der Waals surface area contributed by atoms with Crippen LogP contribution in [0.15, 0.2) is 18.2 Å². The molecule has 19 heavy (non-hydrogen) atoms. The summed E-state index contributed by atoms with van der Waals surface area (Å²) in [5.74, 6) is -1.38. The molecule has 1 unspecified atom stereocenters. The van der Waals surface area contributed by atoms with E-state index >= 15 is 0 Å². The van der Waals surface area contributed by atoms with Crippen LogP contribution in [0.4, 0.5) is 5.69 Å². The first kappa shape index (κ1) is 13.9. The molecule has 1 aromatic rings. The number of nitrogens with zero attached hydrogens (tertiary/aromatic N) is 2. The van der Waals surface area contributed by atoms with Gasteiger partial charge in [-0.1, -0.05) is 6.92 Å². The highest BCUT2D eigenvalue weighted by Crippen LogP contribution is 2.30. The van der Waals surface area contributed by atoms with Crippen LogP contribution in [0.2, 0.25) is 0 Å². The van der Waals surface area contributed by atoms with Gasteiger partial charge in [0.05, 0.1) is 18.1 Å². The number of aliphatic hydroxyl groups is 1. The molecule has 6 nitrogen and oxygen atoms in total. The Bertz CT molecular complexity index is 492. The number of nitro benzene ring substituents is 1. The predicted molar refractivity (Wildman–Crippen MR) is 69.8 cm³/mol. The molecular formula is C13H18N2O4. The van der Waals surface area contributed by atoms with Gasteiger partial charge in [0, 0.05) is 23.7 Å². The van der Waals surface area contributed by atoms with Crippen molar-refractivity contribution in [2.75, 3.05) is 26.2 Å². The van der Waals surface area contributed by atoms with Gasteiger partial charge in [0.2, 0.25) is 5.79 Å². The molecule has 0 spiro atoms. The average molecular weight is 266 g/mol. The number of likely N-dealkylation sites (N-methyl/N-ethyl adjacent to an activating group) is 1. The zero-order valence-electron chi connectivity index (χ0n) is 11.1. The van der Waals surface area contributed by atoms with Crippen molar-refractivity contribution in [1.29, 1.82) is 0 Å².